The van der Waals surface area contributed by atoms with E-state index in [0.717, 1.165) is 41.1 Å². The van der Waals surface area contributed by atoms with Crippen molar-refractivity contribution in [1.82, 2.24) is 14.8 Å². The van der Waals surface area contributed by atoms with Crippen LogP contribution in [-0.2, 0) is 4.79 Å². The number of fused-ring (bicyclic) bond motifs is 1. The number of amides is 1. The maximum atomic E-state index is 14.8. The number of pyridine rings is 1. The molecular formula is C27H37Cl2FN6O. The van der Waals surface area contributed by atoms with Gasteiger partial charge in [0, 0.05) is 59.9 Å². The zero-order valence-electron chi connectivity index (χ0n) is 22.0. The molecule has 3 N–H and O–H groups in total. The summed E-state index contributed by atoms with van der Waals surface area (Å²) in [6.45, 7) is 9.01. The number of carbonyl (C=O) groups is 1. The molecule has 1 atom stereocenters. The van der Waals surface area contributed by atoms with Gasteiger partial charge in [-0.25, -0.2) is 4.39 Å². The fraction of sp³-hybridized carbons (Fsp3) is 0.407. The maximum absolute atomic E-state index is 14.8. The van der Waals surface area contributed by atoms with Crippen molar-refractivity contribution in [2.24, 2.45) is 0 Å². The fourth-order valence-electron chi connectivity index (χ4n) is 4.70. The summed E-state index contributed by atoms with van der Waals surface area (Å²) >= 11 is 0. The van der Waals surface area contributed by atoms with Crippen LogP contribution >= 0.6 is 24.8 Å². The molecule has 1 aliphatic heterocycles. The summed E-state index contributed by atoms with van der Waals surface area (Å²) in [5.74, 6) is -0.0750. The van der Waals surface area contributed by atoms with Crippen molar-refractivity contribution in [3.8, 4) is 0 Å². The quantitative estimate of drug-likeness (QED) is 0.429. The van der Waals surface area contributed by atoms with Crippen LogP contribution in [0.15, 0.2) is 36.4 Å². The number of nitrogens with two attached hydrogens (primary N) is 1. The van der Waals surface area contributed by atoms with Gasteiger partial charge in [0.15, 0.2) is 0 Å². The summed E-state index contributed by atoms with van der Waals surface area (Å²) in [4.78, 5) is 23.2. The van der Waals surface area contributed by atoms with Gasteiger partial charge in [-0.05, 0) is 76.8 Å². The Bertz CT molecular complexity index is 1250. The predicted octanol–water partition coefficient (Wildman–Crippen LogP) is 4.80. The first-order valence-electron chi connectivity index (χ1n) is 12.0. The van der Waals surface area contributed by atoms with Crippen LogP contribution < -0.4 is 16.0 Å². The number of likely N-dealkylation sites (N-methyl/N-ethyl adjacent to an activating group) is 1. The molecular weight excluding hydrogens is 514 g/mol. The molecule has 7 nitrogen and oxygen atoms in total. The molecule has 1 fully saturated rings. The van der Waals surface area contributed by atoms with E-state index in [4.69, 9.17) is 10.7 Å². The van der Waals surface area contributed by atoms with E-state index in [9.17, 15) is 9.18 Å². The minimum Gasteiger partial charge on any atom is -0.399 e. The lowest BCUT2D eigenvalue weighted by atomic mass is 10.0. The van der Waals surface area contributed by atoms with Gasteiger partial charge in [0.1, 0.15) is 5.82 Å². The van der Waals surface area contributed by atoms with E-state index in [1.54, 1.807) is 19.1 Å². The average Bonchev–Trinajstić information content (AvgIpc) is 2.80. The Labute approximate surface area is 231 Å². The number of benzene rings is 2. The number of nitrogens with one attached hydrogen (secondary N) is 1. The Morgan fingerprint density at radius 2 is 1.78 bits per heavy atom. The molecule has 4 rings (SSSR count). The van der Waals surface area contributed by atoms with Crippen LogP contribution in [0.25, 0.3) is 10.9 Å². The lowest BCUT2D eigenvalue weighted by Crippen LogP contribution is -2.50. The second-order valence-electron chi connectivity index (χ2n) is 9.73. The van der Waals surface area contributed by atoms with Crippen molar-refractivity contribution in [2.75, 3.05) is 62.8 Å². The molecule has 1 unspecified atom stereocenters. The molecule has 0 spiro atoms. The van der Waals surface area contributed by atoms with Crippen LogP contribution in [0, 0.1) is 19.7 Å². The second-order valence-corrected chi connectivity index (χ2v) is 9.73. The summed E-state index contributed by atoms with van der Waals surface area (Å²) < 4.78 is 14.8. The first kappa shape index (κ1) is 30.4. The SMILES string of the molecule is Cc1cc(NC(C)c2cc(N)cc(C)c2F)c2cc(N3CCN(C(=O)CN(C)C)CC3)ccc2n1.Cl.Cl. The third kappa shape index (κ3) is 6.94. The van der Waals surface area contributed by atoms with E-state index < -0.39 is 0 Å². The molecule has 0 radical (unpaired) electrons. The number of nitrogens with zero attached hydrogens (tertiary/aromatic N) is 4. The lowest BCUT2D eigenvalue weighted by molar-refractivity contribution is -0.132. The number of rotatable bonds is 6. The Balaban J connectivity index is 0.00000241. The summed E-state index contributed by atoms with van der Waals surface area (Å²) in [6.07, 6.45) is 0. The summed E-state index contributed by atoms with van der Waals surface area (Å²) in [5, 5.41) is 4.47. The largest absolute Gasteiger partial charge is 0.399 e. The lowest BCUT2D eigenvalue weighted by Gasteiger charge is -2.36. The number of carbonyl (C=O) groups excluding carboxylic acids is 1. The number of anilines is 3. The number of piperazine rings is 1. The van der Waals surface area contributed by atoms with Gasteiger partial charge in [0.05, 0.1) is 18.1 Å². The van der Waals surface area contributed by atoms with Crippen LogP contribution in [0.2, 0.25) is 0 Å². The van der Waals surface area contributed by atoms with Crippen molar-refractivity contribution in [3.05, 3.63) is 59.0 Å². The molecule has 0 aliphatic carbocycles. The normalized spacial score (nSPS) is 14.2. The van der Waals surface area contributed by atoms with E-state index in [2.05, 4.69) is 22.3 Å². The van der Waals surface area contributed by atoms with Crippen molar-refractivity contribution in [2.45, 2.75) is 26.8 Å². The number of hydrogen-bond acceptors (Lipinski definition) is 6. The summed E-state index contributed by atoms with van der Waals surface area (Å²) in [7, 11) is 3.82. The first-order chi connectivity index (χ1) is 16.6. The average molecular weight is 552 g/mol. The Morgan fingerprint density at radius 3 is 2.43 bits per heavy atom. The summed E-state index contributed by atoms with van der Waals surface area (Å²) in [5.41, 5.74) is 11.4. The third-order valence-electron chi connectivity index (χ3n) is 6.51. The number of halogens is 3. The zero-order valence-corrected chi connectivity index (χ0v) is 23.7. The van der Waals surface area contributed by atoms with Crippen LogP contribution in [0.1, 0.15) is 29.8 Å². The third-order valence-corrected chi connectivity index (χ3v) is 6.51. The van der Waals surface area contributed by atoms with Crippen LogP contribution in [-0.4, -0.2) is 67.5 Å². The first-order valence-corrected chi connectivity index (χ1v) is 12.0. The molecule has 2 aromatic carbocycles. The molecule has 0 bridgehead atoms. The van der Waals surface area contributed by atoms with E-state index in [-0.39, 0.29) is 42.6 Å². The zero-order chi connectivity index (χ0) is 25.3. The van der Waals surface area contributed by atoms with Gasteiger partial charge >= 0.3 is 0 Å². The van der Waals surface area contributed by atoms with Gasteiger partial charge in [-0.3, -0.25) is 9.78 Å². The topological polar surface area (TPSA) is 77.7 Å². The molecule has 202 valence electrons. The predicted molar refractivity (Wildman–Crippen MR) is 156 cm³/mol. The number of aromatic nitrogens is 1. The highest BCUT2D eigenvalue weighted by Crippen LogP contribution is 2.32. The maximum Gasteiger partial charge on any atom is 0.236 e. The number of nitrogen functional groups attached to an aromatic ring is 1. The minimum absolute atomic E-state index is 0. The van der Waals surface area contributed by atoms with Crippen molar-refractivity contribution in [1.29, 1.82) is 0 Å². The highest BCUT2D eigenvalue weighted by atomic mass is 35.5. The van der Waals surface area contributed by atoms with Crippen LogP contribution in [0.3, 0.4) is 0 Å². The number of hydrogen-bond donors (Lipinski definition) is 2. The molecule has 1 aromatic heterocycles. The fourth-order valence-corrected chi connectivity index (χ4v) is 4.70. The molecule has 1 amide bonds. The van der Waals surface area contributed by atoms with Crippen LogP contribution in [0.5, 0.6) is 0 Å². The van der Waals surface area contributed by atoms with Crippen molar-refractivity contribution in [3.63, 3.8) is 0 Å². The van der Waals surface area contributed by atoms with Gasteiger partial charge in [-0.1, -0.05) is 0 Å². The Morgan fingerprint density at radius 1 is 1.11 bits per heavy atom. The van der Waals surface area contributed by atoms with Gasteiger partial charge in [0.2, 0.25) is 5.91 Å². The van der Waals surface area contributed by atoms with Crippen molar-refractivity contribution >= 4 is 58.7 Å². The Kier molecular flexibility index (Phi) is 10.4. The highest BCUT2D eigenvalue weighted by molar-refractivity contribution is 5.94. The van der Waals surface area contributed by atoms with E-state index in [0.29, 0.717) is 36.4 Å². The molecule has 0 saturated carbocycles. The molecule has 3 aromatic rings. The van der Waals surface area contributed by atoms with Gasteiger partial charge in [-0.2, -0.15) is 0 Å². The van der Waals surface area contributed by atoms with Gasteiger partial charge in [-0.15, -0.1) is 24.8 Å². The van der Waals surface area contributed by atoms with Crippen molar-refractivity contribution < 1.29 is 9.18 Å². The molecule has 1 aliphatic rings. The van der Waals surface area contributed by atoms with Gasteiger partial charge < -0.3 is 25.8 Å². The smallest absolute Gasteiger partial charge is 0.236 e. The highest BCUT2D eigenvalue weighted by Gasteiger charge is 2.22. The second kappa shape index (κ2) is 12.6. The van der Waals surface area contributed by atoms with E-state index >= 15 is 0 Å². The molecule has 10 heteroatoms. The molecule has 1 saturated heterocycles. The number of aryl methyl sites for hydroxylation is 2. The van der Waals surface area contributed by atoms with Gasteiger partial charge in [0.25, 0.3) is 0 Å². The molecule has 37 heavy (non-hydrogen) atoms. The summed E-state index contributed by atoms with van der Waals surface area (Å²) in [6, 6.07) is 11.3. The minimum atomic E-state index is -0.280. The van der Waals surface area contributed by atoms with E-state index in [1.807, 2.05) is 49.9 Å². The Hall–Kier alpha value is -2.81. The standard InChI is InChI=1S/C27H35FN6O.2ClH/c1-17-12-20(29)14-22(27(17)28)19(3)31-25-13-18(2)30-24-7-6-21(15-23(24)25)33-8-10-34(11-9-33)26(35)16-32(4)5;;/h6-7,12-15,19H,8-11,16,29H2,1-5H3,(H,30,31);2*1H. The van der Waals surface area contributed by atoms with E-state index in [1.165, 1.54) is 0 Å². The molecule has 2 heterocycles. The monoisotopic (exact) mass is 550 g/mol. The van der Waals surface area contributed by atoms with Crippen LogP contribution in [0.4, 0.5) is 21.5 Å².